The average molecular weight is 512 g/mol. The first kappa shape index (κ1) is 34.1. The van der Waals surface area contributed by atoms with Crippen molar-refractivity contribution in [3.63, 3.8) is 0 Å². The summed E-state index contributed by atoms with van der Waals surface area (Å²) >= 11 is 0. The van der Waals surface area contributed by atoms with Crippen molar-refractivity contribution in [3.05, 3.63) is 89.5 Å². The Labute approximate surface area is 218 Å². The van der Waals surface area contributed by atoms with Crippen LogP contribution in [-0.2, 0) is 0 Å². The zero-order valence-electron chi connectivity index (χ0n) is 19.4. The van der Waals surface area contributed by atoms with Crippen LogP contribution in [0, 0.1) is 0 Å². The molecule has 0 spiro atoms. The summed E-state index contributed by atoms with van der Waals surface area (Å²) in [4.78, 5) is 30.4. The molecule has 0 heterocycles. The number of hydrogen-bond donors (Lipinski definition) is 4. The molecule has 0 aliphatic rings. The van der Waals surface area contributed by atoms with E-state index in [0.717, 1.165) is 12.8 Å². The molecule has 3 rings (SSSR count). The van der Waals surface area contributed by atoms with Gasteiger partial charge < -0.3 is 50.1 Å². The van der Waals surface area contributed by atoms with E-state index in [1.807, 2.05) is 0 Å². The fourth-order valence-electron chi connectivity index (χ4n) is 1.95. The predicted molar refractivity (Wildman–Crippen MR) is 125 cm³/mol. The van der Waals surface area contributed by atoms with E-state index in [-0.39, 0.29) is 51.3 Å². The van der Waals surface area contributed by atoms with Crippen molar-refractivity contribution in [1.82, 2.24) is 0 Å². The van der Waals surface area contributed by atoms with Crippen LogP contribution in [0.5, 0.6) is 17.2 Å². The van der Waals surface area contributed by atoms with Crippen molar-refractivity contribution in [2.24, 2.45) is 0 Å². The van der Waals surface area contributed by atoms with Crippen LogP contribution >= 0.6 is 0 Å². The number of aromatic carboxylic acids is 3. The number of benzene rings is 3. The van der Waals surface area contributed by atoms with E-state index in [0.29, 0.717) is 6.61 Å². The summed E-state index contributed by atoms with van der Waals surface area (Å²) in [5.41, 5.74) is 0.202. The quantitative estimate of drug-likeness (QED) is 0.328. The van der Waals surface area contributed by atoms with Gasteiger partial charge in [-0.25, -0.2) is 0 Å². The van der Waals surface area contributed by atoms with Gasteiger partial charge in [0, 0.05) is 6.61 Å². The van der Waals surface area contributed by atoms with Crippen LogP contribution in [0.2, 0.25) is 0 Å². The summed E-state index contributed by atoms with van der Waals surface area (Å²) in [7, 11) is 0. The maximum atomic E-state index is 10.1. The maximum Gasteiger partial charge on any atom is 3.00 e. The summed E-state index contributed by atoms with van der Waals surface area (Å²) in [6.07, 6.45) is 2.04. The first-order valence-corrected chi connectivity index (χ1v) is 10.1. The number of hydrogen-bond acceptors (Lipinski definition) is 10. The van der Waals surface area contributed by atoms with Crippen LogP contribution in [-0.4, -0.2) is 62.3 Å². The largest absolute Gasteiger partial charge is 3.00 e. The molecule has 3 aromatic rings. The molecule has 0 fully saturated rings. The maximum absolute atomic E-state index is 10.1. The Morgan fingerprint density at radius 3 is 0.917 bits per heavy atom. The minimum atomic E-state index is -1.24. The monoisotopic (exact) mass is 512 g/mol. The number of rotatable bonds is 5. The summed E-state index contributed by atoms with van der Waals surface area (Å²) in [5.74, 6) is -3.57. The second kappa shape index (κ2) is 19.3. The molecule has 0 unspecified atom stereocenters. The molecule has 0 aromatic heterocycles. The van der Waals surface area contributed by atoms with Crippen molar-refractivity contribution >= 4 is 35.3 Å². The normalized spacial score (nSPS) is 8.83. The van der Waals surface area contributed by atoms with E-state index in [9.17, 15) is 29.7 Å². The van der Waals surface area contributed by atoms with Gasteiger partial charge >= 0.3 is 17.4 Å². The SMILES string of the molecule is CCCCO.O=C([O-])c1ccc(O)cc1.O=C([O-])c1ccc(O)cc1.O=C([O-])c1ccc(O)cc1.[Al+3]. The Balaban J connectivity index is 0. The number of phenols is 3. The third kappa shape index (κ3) is 15.7. The van der Waals surface area contributed by atoms with Gasteiger partial charge in [-0.15, -0.1) is 0 Å². The Hall–Kier alpha value is -4.04. The number of aliphatic hydroxyl groups is 1. The van der Waals surface area contributed by atoms with Crippen molar-refractivity contribution < 1.29 is 50.1 Å². The smallest absolute Gasteiger partial charge is 0.545 e. The molecule has 0 atom stereocenters. The fourth-order valence-corrected chi connectivity index (χ4v) is 1.95. The molecule has 0 saturated carbocycles. The molecular weight excluding hydrogens is 487 g/mol. The van der Waals surface area contributed by atoms with E-state index in [4.69, 9.17) is 20.4 Å². The van der Waals surface area contributed by atoms with Crippen molar-refractivity contribution in [2.75, 3.05) is 6.61 Å². The summed E-state index contributed by atoms with van der Waals surface area (Å²) in [5, 5.41) is 64.6. The molecule has 11 heteroatoms. The van der Waals surface area contributed by atoms with Crippen LogP contribution in [0.1, 0.15) is 50.8 Å². The molecule has 36 heavy (non-hydrogen) atoms. The molecule has 0 aliphatic carbocycles. The van der Waals surface area contributed by atoms with Gasteiger partial charge in [-0.05, 0) is 95.9 Å². The Bertz CT molecular complexity index is 900. The zero-order chi connectivity index (χ0) is 26.8. The van der Waals surface area contributed by atoms with E-state index >= 15 is 0 Å². The van der Waals surface area contributed by atoms with Crippen molar-refractivity contribution in [2.45, 2.75) is 19.8 Å². The standard InChI is InChI=1S/3C7H6O3.C4H10O.Al/c3*8-6-3-1-5(2-4-6)7(9)10;1-2-3-4-5;/h3*1-4,8H,(H,9,10);5H,2-4H2,1H3;/q;;;;+3/p-3. The molecule has 188 valence electrons. The molecule has 0 aliphatic heterocycles. The van der Waals surface area contributed by atoms with E-state index in [2.05, 4.69) is 6.92 Å². The van der Waals surface area contributed by atoms with Gasteiger partial charge in [-0.1, -0.05) is 13.3 Å². The van der Waals surface area contributed by atoms with E-state index < -0.39 is 17.9 Å². The van der Waals surface area contributed by atoms with Gasteiger partial charge in [0.2, 0.25) is 0 Å². The minimum absolute atomic E-state index is 0. The zero-order valence-corrected chi connectivity index (χ0v) is 20.5. The number of carbonyl (C=O) groups excluding carboxylic acids is 3. The number of unbranched alkanes of at least 4 members (excludes halogenated alkanes) is 1. The van der Waals surface area contributed by atoms with Crippen LogP contribution in [0.4, 0.5) is 0 Å². The van der Waals surface area contributed by atoms with Crippen LogP contribution in [0.3, 0.4) is 0 Å². The molecular formula is C25H25AlO10. The average Bonchev–Trinajstić information content (AvgIpc) is 2.82. The number of phenolic OH excluding ortho intramolecular Hbond substituents is 3. The topological polar surface area (TPSA) is 201 Å². The Morgan fingerprint density at radius 2 is 0.806 bits per heavy atom. The molecule has 0 amide bonds. The van der Waals surface area contributed by atoms with Crippen LogP contribution < -0.4 is 15.3 Å². The first-order valence-electron chi connectivity index (χ1n) is 10.1. The minimum Gasteiger partial charge on any atom is -0.545 e. The number of carboxylic acids is 3. The molecule has 0 radical (unpaired) electrons. The number of aliphatic hydroxyl groups excluding tert-OH is 1. The molecule has 0 bridgehead atoms. The predicted octanol–water partition coefficient (Wildman–Crippen LogP) is -0.335. The van der Waals surface area contributed by atoms with Gasteiger partial charge in [0.1, 0.15) is 17.2 Å². The van der Waals surface area contributed by atoms with Crippen LogP contribution in [0.15, 0.2) is 72.8 Å². The Kier molecular flexibility index (Phi) is 18.3. The second-order valence-electron chi connectivity index (χ2n) is 6.58. The molecule has 4 N–H and O–H groups in total. The Morgan fingerprint density at radius 1 is 0.583 bits per heavy atom. The van der Waals surface area contributed by atoms with Gasteiger partial charge in [0.05, 0.1) is 17.9 Å². The number of carbonyl (C=O) groups is 3. The van der Waals surface area contributed by atoms with Crippen molar-refractivity contribution in [1.29, 1.82) is 0 Å². The summed E-state index contributed by atoms with van der Waals surface area (Å²) in [6, 6.07) is 15.5. The fraction of sp³-hybridized carbons (Fsp3) is 0.160. The van der Waals surface area contributed by atoms with Crippen molar-refractivity contribution in [3.8, 4) is 17.2 Å². The van der Waals surface area contributed by atoms with Gasteiger partial charge in [-0.3, -0.25) is 0 Å². The molecule has 3 aromatic carbocycles. The summed E-state index contributed by atoms with van der Waals surface area (Å²) in [6.45, 7) is 2.40. The summed E-state index contributed by atoms with van der Waals surface area (Å²) < 4.78 is 0. The van der Waals surface area contributed by atoms with E-state index in [1.54, 1.807) is 0 Å². The molecule has 0 saturated heterocycles. The third-order valence-corrected chi connectivity index (χ3v) is 3.82. The van der Waals surface area contributed by atoms with Gasteiger partial charge in [0.15, 0.2) is 0 Å². The number of carboxylic acid groups (broad SMARTS) is 3. The number of aromatic hydroxyl groups is 3. The van der Waals surface area contributed by atoms with E-state index in [1.165, 1.54) is 72.8 Å². The van der Waals surface area contributed by atoms with Gasteiger partial charge in [0.25, 0.3) is 0 Å². The van der Waals surface area contributed by atoms with Crippen LogP contribution in [0.25, 0.3) is 0 Å². The molecule has 10 nitrogen and oxygen atoms in total. The van der Waals surface area contributed by atoms with Gasteiger partial charge in [-0.2, -0.15) is 0 Å². The second-order valence-corrected chi connectivity index (χ2v) is 6.58. The third-order valence-electron chi connectivity index (χ3n) is 3.82. The first-order chi connectivity index (χ1) is 16.5.